The first-order valence-electron chi connectivity index (χ1n) is 8.79. The molecule has 1 N–H and O–H groups in total. The maximum absolute atomic E-state index is 13.4. The fraction of sp³-hybridized carbons (Fsp3) is 0.200. The van der Waals surface area contributed by atoms with E-state index in [1.54, 1.807) is 29.2 Å². The lowest BCUT2D eigenvalue weighted by atomic mass is 9.93. The van der Waals surface area contributed by atoms with E-state index in [-0.39, 0.29) is 11.5 Å². The van der Waals surface area contributed by atoms with Crippen LogP contribution in [0, 0.1) is 15.9 Å². The number of nitro benzene ring substituents is 1. The molecule has 2 aromatic rings. The first kappa shape index (κ1) is 20.4. The Labute approximate surface area is 171 Å². The first-order chi connectivity index (χ1) is 13.9. The highest BCUT2D eigenvalue weighted by molar-refractivity contribution is 7.80. The number of carbonyl (C=O) groups excluding carboxylic acids is 1. The lowest BCUT2D eigenvalue weighted by Gasteiger charge is -2.38. The minimum atomic E-state index is -0.637. The fourth-order valence-corrected chi connectivity index (χ4v) is 3.60. The maximum Gasteiger partial charge on any atom is 0.337 e. The number of anilines is 1. The van der Waals surface area contributed by atoms with E-state index < -0.39 is 16.9 Å². The van der Waals surface area contributed by atoms with Gasteiger partial charge < -0.3 is 10.1 Å². The number of halogens is 1. The zero-order valence-corrected chi connectivity index (χ0v) is 16.5. The van der Waals surface area contributed by atoms with E-state index in [4.69, 9.17) is 17.0 Å². The minimum absolute atomic E-state index is 0.0561. The molecule has 0 radical (unpaired) electrons. The van der Waals surface area contributed by atoms with Crippen LogP contribution < -0.4 is 10.2 Å². The van der Waals surface area contributed by atoms with Gasteiger partial charge in [-0.25, -0.2) is 9.18 Å². The molecule has 0 amide bonds. The Bertz CT molecular complexity index is 990. The number of nitrogens with zero attached hydrogens (tertiary/aromatic N) is 2. The largest absolute Gasteiger partial charge is 0.466 e. The topological polar surface area (TPSA) is 84.7 Å². The van der Waals surface area contributed by atoms with Crippen molar-refractivity contribution in [3.8, 4) is 0 Å². The molecule has 29 heavy (non-hydrogen) atoms. The SMILES string of the molecule is CCC1=C(C(=O)OC)[C@@H](c2ccc([N+](=O)[O-])cc2)NC(=S)N1c1ccc(F)cc1. The number of rotatable bonds is 5. The second kappa shape index (κ2) is 8.36. The highest BCUT2D eigenvalue weighted by Gasteiger charge is 2.36. The van der Waals surface area contributed by atoms with Crippen molar-refractivity contribution in [2.45, 2.75) is 19.4 Å². The predicted molar refractivity (Wildman–Crippen MR) is 110 cm³/mol. The van der Waals surface area contributed by atoms with Gasteiger partial charge >= 0.3 is 5.97 Å². The van der Waals surface area contributed by atoms with Gasteiger partial charge in [0.15, 0.2) is 5.11 Å². The number of methoxy groups -OCH3 is 1. The summed E-state index contributed by atoms with van der Waals surface area (Å²) in [6, 6.07) is 11.0. The summed E-state index contributed by atoms with van der Waals surface area (Å²) >= 11 is 5.53. The lowest BCUT2D eigenvalue weighted by molar-refractivity contribution is -0.384. The normalized spacial score (nSPS) is 16.4. The summed E-state index contributed by atoms with van der Waals surface area (Å²) in [4.78, 5) is 24.8. The van der Waals surface area contributed by atoms with Gasteiger partial charge in [0.25, 0.3) is 5.69 Å². The van der Waals surface area contributed by atoms with Crippen molar-refractivity contribution >= 4 is 34.7 Å². The van der Waals surface area contributed by atoms with Gasteiger partial charge in [0, 0.05) is 23.5 Å². The second-order valence-corrected chi connectivity index (χ2v) is 6.64. The van der Waals surface area contributed by atoms with Crippen LogP contribution in [0.5, 0.6) is 0 Å². The third-order valence-corrected chi connectivity index (χ3v) is 4.90. The molecule has 2 aromatic carbocycles. The zero-order chi connectivity index (χ0) is 21.1. The number of thiocarbonyl (C=S) groups is 1. The molecule has 150 valence electrons. The summed E-state index contributed by atoms with van der Waals surface area (Å²) in [5.41, 5.74) is 2.11. The van der Waals surface area contributed by atoms with E-state index in [1.165, 1.54) is 31.4 Å². The summed E-state index contributed by atoms with van der Waals surface area (Å²) in [5, 5.41) is 14.4. The van der Waals surface area contributed by atoms with E-state index >= 15 is 0 Å². The molecule has 1 aliphatic rings. The molecule has 0 spiro atoms. The number of allylic oxidation sites excluding steroid dienone is 1. The van der Waals surface area contributed by atoms with Crippen molar-refractivity contribution in [3.63, 3.8) is 0 Å². The molecule has 9 heteroatoms. The Morgan fingerprint density at radius 1 is 1.24 bits per heavy atom. The van der Waals surface area contributed by atoms with Gasteiger partial charge in [0.2, 0.25) is 0 Å². The van der Waals surface area contributed by atoms with E-state index in [0.717, 1.165) is 0 Å². The molecular weight excluding hydrogens is 397 g/mol. The number of hydrogen-bond acceptors (Lipinski definition) is 5. The highest BCUT2D eigenvalue weighted by atomic mass is 32.1. The van der Waals surface area contributed by atoms with Crippen molar-refractivity contribution in [3.05, 3.63) is 81.3 Å². The molecule has 0 fully saturated rings. The smallest absolute Gasteiger partial charge is 0.337 e. The van der Waals surface area contributed by atoms with Crippen molar-refractivity contribution in [2.24, 2.45) is 0 Å². The van der Waals surface area contributed by atoms with Crippen LogP contribution >= 0.6 is 12.2 Å². The summed E-state index contributed by atoms with van der Waals surface area (Å²) in [6.07, 6.45) is 0.451. The van der Waals surface area contributed by atoms with Crippen LogP contribution in [-0.4, -0.2) is 23.1 Å². The van der Waals surface area contributed by atoms with Gasteiger partial charge in [-0.15, -0.1) is 0 Å². The number of benzene rings is 2. The number of nitrogens with one attached hydrogen (secondary N) is 1. The van der Waals surface area contributed by atoms with E-state index in [9.17, 15) is 19.3 Å². The van der Waals surface area contributed by atoms with Crippen molar-refractivity contribution < 1.29 is 18.8 Å². The Balaban J connectivity index is 2.14. The second-order valence-electron chi connectivity index (χ2n) is 6.25. The van der Waals surface area contributed by atoms with Gasteiger partial charge in [-0.1, -0.05) is 6.92 Å². The molecule has 7 nitrogen and oxygen atoms in total. The molecule has 0 aliphatic carbocycles. The van der Waals surface area contributed by atoms with E-state index in [1.807, 2.05) is 6.92 Å². The molecule has 3 rings (SSSR count). The average Bonchev–Trinajstić information content (AvgIpc) is 2.73. The fourth-order valence-electron chi connectivity index (χ4n) is 3.27. The third-order valence-electron chi connectivity index (χ3n) is 4.60. The van der Waals surface area contributed by atoms with Crippen LogP contribution in [0.1, 0.15) is 24.9 Å². The summed E-state index contributed by atoms with van der Waals surface area (Å²) in [6.45, 7) is 1.87. The number of esters is 1. The Kier molecular flexibility index (Phi) is 5.88. The van der Waals surface area contributed by atoms with Gasteiger partial charge in [0.1, 0.15) is 5.82 Å². The Morgan fingerprint density at radius 3 is 2.38 bits per heavy atom. The van der Waals surface area contributed by atoms with Gasteiger partial charge in [0.05, 0.1) is 23.6 Å². The number of carbonyl (C=O) groups is 1. The predicted octanol–water partition coefficient (Wildman–Crippen LogP) is 4.01. The van der Waals surface area contributed by atoms with Crippen LogP contribution in [0.15, 0.2) is 59.8 Å². The molecular formula is C20H18FN3O4S. The van der Waals surface area contributed by atoms with Crippen molar-refractivity contribution in [1.82, 2.24) is 5.32 Å². The molecule has 1 aliphatic heterocycles. The first-order valence-corrected chi connectivity index (χ1v) is 9.20. The summed E-state index contributed by atoms with van der Waals surface area (Å²) < 4.78 is 18.4. The maximum atomic E-state index is 13.4. The summed E-state index contributed by atoms with van der Waals surface area (Å²) in [5.74, 6) is -0.934. The molecule has 0 saturated carbocycles. The van der Waals surface area contributed by atoms with Gasteiger partial charge in [-0.2, -0.15) is 0 Å². The number of non-ortho nitro benzene ring substituents is 1. The Morgan fingerprint density at radius 2 is 1.86 bits per heavy atom. The molecule has 0 saturated heterocycles. The van der Waals surface area contributed by atoms with Crippen molar-refractivity contribution in [1.29, 1.82) is 0 Å². The van der Waals surface area contributed by atoms with Crippen LogP contribution in [0.3, 0.4) is 0 Å². The lowest BCUT2D eigenvalue weighted by Crippen LogP contribution is -2.48. The molecule has 1 atom stereocenters. The van der Waals surface area contributed by atoms with Gasteiger partial charge in [-0.05, 0) is 60.6 Å². The van der Waals surface area contributed by atoms with Crippen LogP contribution in [0.2, 0.25) is 0 Å². The monoisotopic (exact) mass is 415 g/mol. The Hall–Kier alpha value is -3.33. The van der Waals surface area contributed by atoms with E-state index in [2.05, 4.69) is 5.32 Å². The van der Waals surface area contributed by atoms with Crippen molar-refractivity contribution in [2.75, 3.05) is 12.0 Å². The third kappa shape index (κ3) is 3.95. The van der Waals surface area contributed by atoms with Crippen LogP contribution in [0.4, 0.5) is 15.8 Å². The number of hydrogen-bond donors (Lipinski definition) is 1. The number of nitro groups is 1. The van der Waals surface area contributed by atoms with Crippen LogP contribution in [-0.2, 0) is 9.53 Å². The minimum Gasteiger partial charge on any atom is -0.466 e. The van der Waals surface area contributed by atoms with Crippen LogP contribution in [0.25, 0.3) is 0 Å². The standard InChI is InChI=1S/C20H18FN3O4S/c1-3-16-17(19(25)28-2)18(12-4-8-15(9-5-12)24(26)27)22-20(29)23(16)14-10-6-13(21)7-11-14/h4-11,18H,3H2,1-2H3,(H,22,29)/t18-/m1/s1. The molecule has 0 bridgehead atoms. The molecule has 1 heterocycles. The van der Waals surface area contributed by atoms with E-state index in [0.29, 0.717) is 34.1 Å². The molecule has 0 unspecified atom stereocenters. The summed E-state index contributed by atoms with van der Waals surface area (Å²) in [7, 11) is 1.28. The molecule has 0 aromatic heterocycles. The number of ether oxygens (including phenoxy) is 1. The van der Waals surface area contributed by atoms with Gasteiger partial charge in [-0.3, -0.25) is 15.0 Å². The average molecular weight is 415 g/mol. The quantitative estimate of drug-likeness (QED) is 0.342. The highest BCUT2D eigenvalue weighted by Crippen LogP contribution is 2.36. The zero-order valence-electron chi connectivity index (χ0n) is 15.7.